The Morgan fingerprint density at radius 3 is 2.94 bits per heavy atom. The highest BCUT2D eigenvalue weighted by atomic mass is 16.3. The highest BCUT2D eigenvalue weighted by molar-refractivity contribution is 6.03. The Bertz CT molecular complexity index is 597. The van der Waals surface area contributed by atoms with Gasteiger partial charge in [0, 0.05) is 11.5 Å². The smallest absolute Gasteiger partial charge is 0.166 e. The number of ketones is 1. The minimum atomic E-state index is -0.111. The average Bonchev–Trinajstić information content (AvgIpc) is 3.08. The number of aromatic amines is 1. The van der Waals surface area contributed by atoms with E-state index in [-0.39, 0.29) is 18.3 Å². The summed E-state index contributed by atoms with van der Waals surface area (Å²) in [6.07, 6.45) is 2.03. The maximum atomic E-state index is 12.1. The lowest BCUT2D eigenvalue weighted by Crippen LogP contribution is -2.03. The Morgan fingerprint density at radius 1 is 1.53 bits per heavy atom. The van der Waals surface area contributed by atoms with Crippen LogP contribution in [0.2, 0.25) is 0 Å². The number of fused-ring (bicyclic) bond motifs is 1. The Hall–Kier alpha value is -1.68. The van der Waals surface area contributed by atoms with Gasteiger partial charge in [-0.2, -0.15) is 0 Å². The number of Topliss-reactive ketones (excluding diaryl/α,β-unsaturated/α-hetero) is 1. The van der Waals surface area contributed by atoms with E-state index in [4.69, 9.17) is 5.11 Å². The Labute approximate surface area is 98.7 Å². The van der Waals surface area contributed by atoms with Crippen molar-refractivity contribution in [3.63, 3.8) is 0 Å². The van der Waals surface area contributed by atoms with Crippen molar-refractivity contribution in [2.24, 2.45) is 5.92 Å². The standard InChI is InChI=1S/C13H14N2O2/c1-7-4-10-11(15-12(6-16)14-10)5-9(7)13(17)8-2-3-8/h4-5,8,16H,2-3,6H2,1H3,(H,14,15). The second-order valence-corrected chi connectivity index (χ2v) is 4.66. The number of hydrogen-bond donors (Lipinski definition) is 2. The Kier molecular flexibility index (Phi) is 2.26. The van der Waals surface area contributed by atoms with Gasteiger partial charge in [-0.25, -0.2) is 4.98 Å². The third-order valence-electron chi connectivity index (χ3n) is 3.24. The molecule has 1 saturated carbocycles. The number of imidazole rings is 1. The molecule has 0 saturated heterocycles. The molecule has 4 nitrogen and oxygen atoms in total. The number of hydrogen-bond acceptors (Lipinski definition) is 3. The van der Waals surface area contributed by atoms with Gasteiger partial charge in [-0.15, -0.1) is 0 Å². The number of aliphatic hydroxyl groups is 1. The summed E-state index contributed by atoms with van der Waals surface area (Å²) in [5.74, 6) is 0.996. The molecule has 2 aromatic rings. The SMILES string of the molecule is Cc1cc2[nH]c(CO)nc2cc1C(=O)C1CC1. The van der Waals surface area contributed by atoms with Gasteiger partial charge in [0.25, 0.3) is 0 Å². The molecule has 0 radical (unpaired) electrons. The second kappa shape index (κ2) is 3.67. The third kappa shape index (κ3) is 1.74. The molecule has 4 heteroatoms. The molecule has 1 aromatic carbocycles. The van der Waals surface area contributed by atoms with E-state index < -0.39 is 0 Å². The molecule has 3 rings (SSSR count). The van der Waals surface area contributed by atoms with Gasteiger partial charge in [0.2, 0.25) is 0 Å². The lowest BCUT2D eigenvalue weighted by atomic mass is 10.0. The van der Waals surface area contributed by atoms with Crippen LogP contribution in [-0.4, -0.2) is 20.9 Å². The number of nitrogens with zero attached hydrogens (tertiary/aromatic N) is 1. The van der Waals surface area contributed by atoms with Crippen LogP contribution in [-0.2, 0) is 6.61 Å². The Morgan fingerprint density at radius 2 is 2.29 bits per heavy atom. The van der Waals surface area contributed by atoms with Crippen molar-refractivity contribution in [3.8, 4) is 0 Å². The van der Waals surface area contributed by atoms with Crippen LogP contribution in [0.4, 0.5) is 0 Å². The van der Waals surface area contributed by atoms with Gasteiger partial charge < -0.3 is 10.1 Å². The summed E-state index contributed by atoms with van der Waals surface area (Å²) in [6, 6.07) is 3.76. The molecule has 1 fully saturated rings. The second-order valence-electron chi connectivity index (χ2n) is 4.66. The molecule has 1 aliphatic rings. The maximum absolute atomic E-state index is 12.1. The van der Waals surface area contributed by atoms with Gasteiger partial charge in [0.1, 0.15) is 12.4 Å². The predicted molar refractivity (Wildman–Crippen MR) is 63.8 cm³/mol. The topological polar surface area (TPSA) is 66.0 Å². The van der Waals surface area contributed by atoms with E-state index in [0.29, 0.717) is 5.82 Å². The average molecular weight is 230 g/mol. The molecule has 17 heavy (non-hydrogen) atoms. The van der Waals surface area contributed by atoms with E-state index in [9.17, 15) is 4.79 Å². The number of carbonyl (C=O) groups excluding carboxylic acids is 1. The Balaban J connectivity index is 2.11. The lowest BCUT2D eigenvalue weighted by molar-refractivity contribution is 0.0967. The lowest BCUT2D eigenvalue weighted by Gasteiger charge is -2.03. The van der Waals surface area contributed by atoms with Gasteiger partial charge in [0.05, 0.1) is 11.0 Å². The van der Waals surface area contributed by atoms with Crippen LogP contribution in [0.1, 0.15) is 34.6 Å². The first kappa shape index (κ1) is 10.5. The summed E-state index contributed by atoms with van der Waals surface area (Å²) in [6.45, 7) is 1.83. The predicted octanol–water partition coefficient (Wildman–Crippen LogP) is 1.96. The van der Waals surface area contributed by atoms with Gasteiger partial charge in [-0.1, -0.05) is 0 Å². The van der Waals surface area contributed by atoms with E-state index >= 15 is 0 Å². The number of benzene rings is 1. The summed E-state index contributed by atoms with van der Waals surface area (Å²) in [4.78, 5) is 19.3. The number of nitrogens with one attached hydrogen (secondary N) is 1. The minimum absolute atomic E-state index is 0.111. The van der Waals surface area contributed by atoms with Crippen molar-refractivity contribution >= 4 is 16.8 Å². The zero-order valence-corrected chi connectivity index (χ0v) is 9.66. The molecule has 0 atom stereocenters. The number of aromatic nitrogens is 2. The zero-order valence-electron chi connectivity index (χ0n) is 9.66. The molecular formula is C13H14N2O2. The largest absolute Gasteiger partial charge is 0.388 e. The van der Waals surface area contributed by atoms with Crippen LogP contribution in [0.25, 0.3) is 11.0 Å². The van der Waals surface area contributed by atoms with Crippen LogP contribution in [0, 0.1) is 12.8 Å². The number of H-pyrrole nitrogens is 1. The van der Waals surface area contributed by atoms with E-state index in [0.717, 1.165) is 35.0 Å². The first-order valence-corrected chi connectivity index (χ1v) is 5.83. The van der Waals surface area contributed by atoms with E-state index in [2.05, 4.69) is 9.97 Å². The summed E-state index contributed by atoms with van der Waals surface area (Å²) in [5.41, 5.74) is 3.38. The summed E-state index contributed by atoms with van der Waals surface area (Å²) in [5, 5.41) is 9.02. The molecule has 2 N–H and O–H groups in total. The van der Waals surface area contributed by atoms with Crippen molar-refractivity contribution < 1.29 is 9.90 Å². The third-order valence-corrected chi connectivity index (χ3v) is 3.24. The molecular weight excluding hydrogens is 216 g/mol. The normalized spacial score (nSPS) is 15.4. The van der Waals surface area contributed by atoms with Crippen molar-refractivity contribution in [2.45, 2.75) is 26.4 Å². The molecule has 88 valence electrons. The summed E-state index contributed by atoms with van der Waals surface area (Å²) >= 11 is 0. The number of aryl methyl sites for hydroxylation is 1. The quantitative estimate of drug-likeness (QED) is 0.792. The fourth-order valence-corrected chi connectivity index (χ4v) is 2.12. The fraction of sp³-hybridized carbons (Fsp3) is 0.385. The van der Waals surface area contributed by atoms with Gasteiger partial charge in [-0.3, -0.25) is 4.79 Å². The summed E-state index contributed by atoms with van der Waals surface area (Å²) in [7, 11) is 0. The van der Waals surface area contributed by atoms with Crippen LogP contribution in [0.15, 0.2) is 12.1 Å². The van der Waals surface area contributed by atoms with Crippen LogP contribution < -0.4 is 0 Å². The molecule has 0 unspecified atom stereocenters. The zero-order chi connectivity index (χ0) is 12.0. The molecule has 0 spiro atoms. The van der Waals surface area contributed by atoms with E-state index in [1.807, 2.05) is 19.1 Å². The van der Waals surface area contributed by atoms with Gasteiger partial charge in [-0.05, 0) is 37.5 Å². The maximum Gasteiger partial charge on any atom is 0.166 e. The molecule has 1 aromatic heterocycles. The van der Waals surface area contributed by atoms with Crippen LogP contribution in [0.5, 0.6) is 0 Å². The van der Waals surface area contributed by atoms with Gasteiger partial charge >= 0.3 is 0 Å². The first-order valence-electron chi connectivity index (χ1n) is 5.83. The fourth-order valence-electron chi connectivity index (χ4n) is 2.12. The highest BCUT2D eigenvalue weighted by Gasteiger charge is 2.31. The van der Waals surface area contributed by atoms with E-state index in [1.54, 1.807) is 0 Å². The van der Waals surface area contributed by atoms with Crippen molar-refractivity contribution in [1.29, 1.82) is 0 Å². The van der Waals surface area contributed by atoms with Crippen molar-refractivity contribution in [2.75, 3.05) is 0 Å². The minimum Gasteiger partial charge on any atom is -0.388 e. The van der Waals surface area contributed by atoms with E-state index in [1.165, 1.54) is 0 Å². The number of carbonyl (C=O) groups is 1. The molecule has 0 bridgehead atoms. The van der Waals surface area contributed by atoms with Crippen LogP contribution >= 0.6 is 0 Å². The first-order chi connectivity index (χ1) is 8.19. The molecule has 0 amide bonds. The van der Waals surface area contributed by atoms with Crippen molar-refractivity contribution in [3.05, 3.63) is 29.1 Å². The molecule has 0 aliphatic heterocycles. The monoisotopic (exact) mass is 230 g/mol. The molecule has 1 aliphatic carbocycles. The molecule has 1 heterocycles. The highest BCUT2D eigenvalue weighted by Crippen LogP contribution is 2.34. The van der Waals surface area contributed by atoms with Gasteiger partial charge in [0.15, 0.2) is 5.78 Å². The number of rotatable bonds is 3. The van der Waals surface area contributed by atoms with Crippen LogP contribution in [0.3, 0.4) is 0 Å². The number of aliphatic hydroxyl groups excluding tert-OH is 1. The summed E-state index contributed by atoms with van der Waals surface area (Å²) < 4.78 is 0. The van der Waals surface area contributed by atoms with Crippen molar-refractivity contribution in [1.82, 2.24) is 9.97 Å².